The van der Waals surface area contributed by atoms with Gasteiger partial charge in [0.2, 0.25) is 5.91 Å². The predicted molar refractivity (Wildman–Crippen MR) is 335 cm³/mol. The number of ether oxygens (including phenoxy) is 2. The van der Waals surface area contributed by atoms with E-state index in [9.17, 15) is 54.9 Å². The number of aromatic carboxylic acids is 1. The molecule has 2 heterocycles. The molecule has 2 aliphatic heterocycles. The number of carbonyl (C=O) groups excluding carboxylic acids is 2. The van der Waals surface area contributed by atoms with Crippen LogP contribution in [0.5, 0.6) is 5.75 Å². The first-order valence-corrected chi connectivity index (χ1v) is 33.1. The summed E-state index contributed by atoms with van der Waals surface area (Å²) in [6, 6.07) is 11.3. The maximum atomic E-state index is 13.7. The third-order valence-electron chi connectivity index (χ3n) is 17.0. The Hall–Kier alpha value is -4.94. The number of nitrogens with one attached hydrogen (secondary N) is 2. The summed E-state index contributed by atoms with van der Waals surface area (Å²) in [5.74, 6) is -2.41. The molecule has 0 bridgehead atoms. The van der Waals surface area contributed by atoms with E-state index in [1.54, 1.807) is 6.07 Å². The minimum atomic E-state index is -1.81. The third-order valence-corrected chi connectivity index (χ3v) is 17.0. The van der Waals surface area contributed by atoms with Gasteiger partial charge in [0.25, 0.3) is 5.91 Å². The molecule has 16 heteroatoms. The number of amides is 2. The summed E-state index contributed by atoms with van der Waals surface area (Å²) in [4.78, 5) is 52.3. The molecular weight excluding hydrogens is 1080 g/mol. The number of benzene rings is 3. The second kappa shape index (κ2) is 40.5. The molecule has 0 spiro atoms. The van der Waals surface area contributed by atoms with Crippen molar-refractivity contribution in [2.24, 2.45) is 0 Å². The number of fused-ring (bicyclic) bond motifs is 2. The van der Waals surface area contributed by atoms with E-state index in [1.807, 2.05) is 0 Å². The topological polar surface area (TPSA) is 266 Å². The summed E-state index contributed by atoms with van der Waals surface area (Å²) in [5, 5.41) is 82.4. The molecule has 2 aromatic carbocycles. The van der Waals surface area contributed by atoms with Gasteiger partial charge in [-0.15, -0.1) is 0 Å². The molecule has 2 aromatic rings. The molecule has 0 saturated carbocycles. The Morgan fingerprint density at radius 2 is 1.09 bits per heavy atom. The number of hydrogen-bond donors (Lipinski definition) is 9. The number of carbonyl (C=O) groups is 3. The molecule has 5 rings (SSSR count). The fourth-order valence-corrected chi connectivity index (χ4v) is 11.8. The van der Waals surface area contributed by atoms with Crippen molar-refractivity contribution in [1.82, 2.24) is 10.6 Å². The van der Waals surface area contributed by atoms with Crippen LogP contribution in [0.15, 0.2) is 63.8 Å². The molecule has 1 fully saturated rings. The van der Waals surface area contributed by atoms with E-state index < -0.39 is 74.0 Å². The van der Waals surface area contributed by atoms with Crippen molar-refractivity contribution in [3.8, 4) is 28.2 Å². The molecule has 85 heavy (non-hydrogen) atoms. The van der Waals surface area contributed by atoms with Crippen molar-refractivity contribution < 1.29 is 64.0 Å². The van der Waals surface area contributed by atoms with Gasteiger partial charge in [0.1, 0.15) is 47.6 Å². The molecule has 1 aliphatic carbocycles. The quantitative estimate of drug-likeness (QED) is 0.0147. The average molecular weight is 1190 g/mol. The van der Waals surface area contributed by atoms with Crippen LogP contribution in [0.4, 0.5) is 0 Å². The lowest BCUT2D eigenvalue weighted by Crippen LogP contribution is -2.61. The van der Waals surface area contributed by atoms with Crippen LogP contribution < -0.4 is 16.1 Å². The molecule has 0 radical (unpaired) electrons. The zero-order valence-corrected chi connectivity index (χ0v) is 51.5. The van der Waals surface area contributed by atoms with Crippen LogP contribution in [0, 0.1) is 0 Å². The number of unbranched alkanes of at least 4 members (excludes halogenated alkanes) is 31. The summed E-state index contributed by atoms with van der Waals surface area (Å²) >= 11 is 0. The fourth-order valence-electron chi connectivity index (χ4n) is 11.8. The van der Waals surface area contributed by atoms with E-state index in [2.05, 4.69) is 24.5 Å². The number of phenolic OH excluding ortho intramolecular Hbond substituents is 1. The monoisotopic (exact) mass is 1190 g/mol. The summed E-state index contributed by atoms with van der Waals surface area (Å²) in [5.41, 5.74) is 0.517. The van der Waals surface area contributed by atoms with Gasteiger partial charge in [-0.1, -0.05) is 225 Å². The molecule has 3 aliphatic rings. The lowest BCUT2D eigenvalue weighted by Gasteiger charge is -2.41. The van der Waals surface area contributed by atoms with Crippen molar-refractivity contribution in [3.05, 3.63) is 75.9 Å². The van der Waals surface area contributed by atoms with Gasteiger partial charge in [0, 0.05) is 47.2 Å². The number of aliphatic hydroxyl groups is 5. The van der Waals surface area contributed by atoms with Crippen molar-refractivity contribution >= 4 is 28.8 Å². The number of phenols is 1. The molecule has 2 amide bonds. The molecule has 16 nitrogen and oxygen atoms in total. The van der Waals surface area contributed by atoms with Crippen molar-refractivity contribution in [2.45, 2.75) is 288 Å². The Morgan fingerprint density at radius 1 is 0.588 bits per heavy atom. The van der Waals surface area contributed by atoms with Gasteiger partial charge >= 0.3 is 5.97 Å². The SMILES string of the molecule is CCCCCCCCCCCCCCCCCCCCCCCCCC(=O)N[C@@H](CO[C@H]1O[C@H](CNC(=O)c2ccc(-c3c4ccc(=O)cc-4oc4cc(O)ccc34)c(C(=O)O)c2)[C@H](O)[C@H](O)[C@H]1O)[C@@H](O)[C@H](O)CCCCCCCCCCCC. The summed E-state index contributed by atoms with van der Waals surface area (Å²) < 4.78 is 17.8. The number of rotatable bonds is 46. The summed E-state index contributed by atoms with van der Waals surface area (Å²) in [6.07, 6.45) is 29.9. The number of aliphatic hydroxyl groups excluding tert-OH is 5. The lowest BCUT2D eigenvalue weighted by molar-refractivity contribution is -0.297. The Balaban J connectivity index is 1.08. The van der Waals surface area contributed by atoms with Crippen LogP contribution >= 0.6 is 0 Å². The average Bonchev–Trinajstić information content (AvgIpc) is 1.35. The molecule has 0 unspecified atom stereocenters. The largest absolute Gasteiger partial charge is 0.508 e. The zero-order valence-electron chi connectivity index (χ0n) is 51.5. The Labute approximate surface area is 506 Å². The maximum Gasteiger partial charge on any atom is 0.336 e. The van der Waals surface area contributed by atoms with Gasteiger partial charge in [-0.2, -0.15) is 0 Å². The van der Waals surface area contributed by atoms with Gasteiger partial charge in [-0.05, 0) is 54.8 Å². The standard InChI is InChI=1S/C69H106N2O14/c1-3-5-7-9-11-13-15-16-17-18-19-20-21-22-23-24-25-26-27-29-31-33-35-37-61(75)71-56(63(76)57(74)36-34-32-30-28-14-12-10-8-6-4-2)48-83-69-66(79)65(78)64(77)60(85-69)47-70-67(80)49-38-41-52(55(44-49)68(81)82)62-53-42-39-50(72)45-58(53)84-59-46-51(73)40-43-54(59)62/h38-46,56-57,60,63-66,69,72,74,76-79H,3-37,47-48H2,1-2H3,(H,70,80)(H,71,75)(H,81,82)/t56-,57+,60+,63+,64-,65-,66+,69-/m0/s1. The van der Waals surface area contributed by atoms with E-state index >= 15 is 0 Å². The lowest BCUT2D eigenvalue weighted by atomic mass is 9.90. The number of carboxylic acids is 1. The van der Waals surface area contributed by atoms with Gasteiger partial charge in [-0.25, -0.2) is 4.79 Å². The number of aromatic hydroxyl groups is 1. The van der Waals surface area contributed by atoms with Gasteiger partial charge in [-0.3, -0.25) is 14.4 Å². The fraction of sp³-hybridized carbons (Fsp3) is 0.681. The molecule has 0 aromatic heterocycles. The molecular formula is C69H106N2O14. The van der Waals surface area contributed by atoms with E-state index in [0.29, 0.717) is 35.8 Å². The molecule has 8 atom stereocenters. The van der Waals surface area contributed by atoms with Crippen LogP contribution in [-0.2, 0) is 14.3 Å². The Bertz CT molecular complexity index is 2550. The minimum absolute atomic E-state index is 0.0756. The summed E-state index contributed by atoms with van der Waals surface area (Å²) in [7, 11) is 0. The highest BCUT2D eigenvalue weighted by molar-refractivity contribution is 6.09. The maximum absolute atomic E-state index is 13.7. The molecule has 476 valence electrons. The van der Waals surface area contributed by atoms with E-state index in [-0.39, 0.29) is 51.5 Å². The summed E-state index contributed by atoms with van der Waals surface area (Å²) in [6.45, 7) is 3.61. The highest BCUT2D eigenvalue weighted by Gasteiger charge is 2.45. The van der Waals surface area contributed by atoms with Gasteiger partial charge < -0.3 is 60.3 Å². The van der Waals surface area contributed by atoms with E-state index in [1.165, 1.54) is 209 Å². The van der Waals surface area contributed by atoms with Crippen molar-refractivity contribution in [1.29, 1.82) is 0 Å². The second-order valence-corrected chi connectivity index (χ2v) is 24.2. The Kier molecular flexibility index (Phi) is 33.7. The van der Waals surface area contributed by atoms with E-state index in [0.717, 1.165) is 38.5 Å². The van der Waals surface area contributed by atoms with Crippen LogP contribution in [0.25, 0.3) is 33.4 Å². The third kappa shape index (κ3) is 25.0. The predicted octanol–water partition coefficient (Wildman–Crippen LogP) is 13.4. The molecule has 1 saturated heterocycles. The van der Waals surface area contributed by atoms with Crippen LogP contribution in [0.3, 0.4) is 0 Å². The first kappa shape index (κ1) is 70.8. The minimum Gasteiger partial charge on any atom is -0.508 e. The smallest absolute Gasteiger partial charge is 0.336 e. The van der Waals surface area contributed by atoms with Crippen LogP contribution in [-0.4, -0.2) is 116 Å². The molecule has 9 N–H and O–H groups in total. The van der Waals surface area contributed by atoms with Crippen LogP contribution in [0.2, 0.25) is 0 Å². The second-order valence-electron chi connectivity index (χ2n) is 24.2. The first-order valence-electron chi connectivity index (χ1n) is 33.1. The zero-order chi connectivity index (χ0) is 61.2. The van der Waals surface area contributed by atoms with Crippen LogP contribution in [0.1, 0.15) is 259 Å². The van der Waals surface area contributed by atoms with Crippen molar-refractivity contribution in [2.75, 3.05) is 13.2 Å². The highest BCUT2D eigenvalue weighted by atomic mass is 16.7. The first-order chi connectivity index (χ1) is 41.2. The van der Waals surface area contributed by atoms with Gasteiger partial charge in [0.05, 0.1) is 24.3 Å². The van der Waals surface area contributed by atoms with Gasteiger partial charge in [0.15, 0.2) is 11.7 Å². The highest BCUT2D eigenvalue weighted by Crippen LogP contribution is 2.42. The van der Waals surface area contributed by atoms with E-state index in [4.69, 9.17) is 13.9 Å². The number of carboxylic acid groups (broad SMARTS) is 1. The number of hydrogen-bond acceptors (Lipinski definition) is 13. The Morgan fingerprint density at radius 3 is 1.62 bits per heavy atom. The van der Waals surface area contributed by atoms with Crippen molar-refractivity contribution in [3.63, 3.8) is 0 Å². The normalized spacial score (nSPS) is 18.2.